The number of primary amides is 1. The molecule has 0 bridgehead atoms. The molecule has 14 heavy (non-hydrogen) atoms. The number of aromatic nitrogens is 1. The van der Waals surface area contributed by atoms with Crippen LogP contribution < -0.4 is 10.5 Å². The molecule has 0 aromatic carbocycles. The van der Waals surface area contributed by atoms with Gasteiger partial charge in [0.2, 0.25) is 0 Å². The molecule has 1 heterocycles. The van der Waals surface area contributed by atoms with Crippen molar-refractivity contribution in [3.8, 4) is 5.75 Å². The fraction of sp³-hybridized carbons (Fsp3) is 0.400. The van der Waals surface area contributed by atoms with Gasteiger partial charge in [0, 0.05) is 5.69 Å². The molecule has 1 aliphatic rings. The second kappa shape index (κ2) is 3.29. The van der Waals surface area contributed by atoms with Crippen molar-refractivity contribution in [2.45, 2.75) is 25.9 Å². The molecule has 4 nitrogen and oxygen atoms in total. The smallest absolute Gasteiger partial charge is 0.252 e. The topological polar surface area (TPSA) is 65.2 Å². The van der Waals surface area contributed by atoms with Crippen LogP contribution in [-0.4, -0.2) is 17.0 Å². The maximum Gasteiger partial charge on any atom is 0.252 e. The lowest BCUT2D eigenvalue weighted by Gasteiger charge is -2.08. The van der Waals surface area contributed by atoms with Crippen molar-refractivity contribution in [1.82, 2.24) is 4.98 Å². The Morgan fingerprint density at radius 2 is 2.36 bits per heavy atom. The van der Waals surface area contributed by atoms with Crippen LogP contribution in [0.1, 0.15) is 28.9 Å². The molecule has 0 unspecified atom stereocenters. The van der Waals surface area contributed by atoms with Crippen LogP contribution in [0.15, 0.2) is 12.3 Å². The van der Waals surface area contributed by atoms with E-state index in [9.17, 15) is 4.79 Å². The first-order chi connectivity index (χ1) is 6.66. The minimum Gasteiger partial charge on any atom is -0.488 e. The fourth-order valence-electron chi connectivity index (χ4n) is 1.20. The summed E-state index contributed by atoms with van der Waals surface area (Å²) in [6.07, 6.45) is 3.91. The zero-order valence-electron chi connectivity index (χ0n) is 7.99. The average Bonchev–Trinajstić information content (AvgIpc) is 2.91. The molecule has 0 saturated heterocycles. The quantitative estimate of drug-likeness (QED) is 0.777. The van der Waals surface area contributed by atoms with E-state index in [0.29, 0.717) is 11.3 Å². The van der Waals surface area contributed by atoms with Gasteiger partial charge in [-0.2, -0.15) is 0 Å². The van der Waals surface area contributed by atoms with Gasteiger partial charge in [0.25, 0.3) is 5.91 Å². The third-order valence-electron chi connectivity index (χ3n) is 2.09. The number of rotatable bonds is 3. The van der Waals surface area contributed by atoms with Crippen molar-refractivity contribution in [3.05, 3.63) is 23.5 Å². The van der Waals surface area contributed by atoms with Crippen molar-refractivity contribution >= 4 is 5.91 Å². The Hall–Kier alpha value is -1.58. The molecule has 0 aliphatic heterocycles. The third kappa shape index (κ3) is 1.84. The van der Waals surface area contributed by atoms with Crippen molar-refractivity contribution < 1.29 is 9.53 Å². The van der Waals surface area contributed by atoms with E-state index in [-0.39, 0.29) is 6.10 Å². The van der Waals surface area contributed by atoms with E-state index in [1.54, 1.807) is 12.3 Å². The zero-order chi connectivity index (χ0) is 10.1. The SMILES string of the molecule is Cc1cc(C(N)=O)c(OC2CC2)cn1. The lowest BCUT2D eigenvalue weighted by molar-refractivity contribution is 0.0995. The number of carbonyl (C=O) groups is 1. The Balaban J connectivity index is 2.31. The highest BCUT2D eigenvalue weighted by Gasteiger charge is 2.25. The molecular weight excluding hydrogens is 180 g/mol. The summed E-state index contributed by atoms with van der Waals surface area (Å²) in [5.41, 5.74) is 6.42. The summed E-state index contributed by atoms with van der Waals surface area (Å²) in [7, 11) is 0. The number of nitrogens with zero attached hydrogens (tertiary/aromatic N) is 1. The predicted octanol–water partition coefficient (Wildman–Crippen LogP) is 1.03. The summed E-state index contributed by atoms with van der Waals surface area (Å²) in [6.45, 7) is 1.81. The van der Waals surface area contributed by atoms with Gasteiger partial charge in [0.1, 0.15) is 0 Å². The molecule has 0 atom stereocenters. The highest BCUT2D eigenvalue weighted by atomic mass is 16.5. The molecule has 1 aliphatic carbocycles. The van der Waals surface area contributed by atoms with Crippen LogP contribution in [0.3, 0.4) is 0 Å². The number of pyridine rings is 1. The Morgan fingerprint density at radius 1 is 1.64 bits per heavy atom. The van der Waals surface area contributed by atoms with E-state index in [2.05, 4.69) is 4.98 Å². The van der Waals surface area contributed by atoms with Crippen LogP contribution in [0.5, 0.6) is 5.75 Å². The predicted molar refractivity (Wildman–Crippen MR) is 51.1 cm³/mol. The van der Waals surface area contributed by atoms with Gasteiger partial charge in [-0.1, -0.05) is 0 Å². The molecule has 1 amide bonds. The minimum atomic E-state index is -0.467. The van der Waals surface area contributed by atoms with Gasteiger partial charge in [0.15, 0.2) is 5.75 Å². The van der Waals surface area contributed by atoms with Gasteiger partial charge >= 0.3 is 0 Å². The van der Waals surface area contributed by atoms with Crippen LogP contribution in [-0.2, 0) is 0 Å². The van der Waals surface area contributed by atoms with E-state index in [0.717, 1.165) is 18.5 Å². The molecule has 1 saturated carbocycles. The zero-order valence-corrected chi connectivity index (χ0v) is 7.99. The molecule has 1 fully saturated rings. The van der Waals surface area contributed by atoms with Gasteiger partial charge in [-0.15, -0.1) is 0 Å². The number of hydrogen-bond acceptors (Lipinski definition) is 3. The largest absolute Gasteiger partial charge is 0.488 e. The summed E-state index contributed by atoms with van der Waals surface area (Å²) in [4.78, 5) is 15.2. The fourth-order valence-corrected chi connectivity index (χ4v) is 1.20. The summed E-state index contributed by atoms with van der Waals surface area (Å²) >= 11 is 0. The molecule has 4 heteroatoms. The average molecular weight is 192 g/mol. The number of nitrogens with two attached hydrogens (primary N) is 1. The van der Waals surface area contributed by atoms with Gasteiger partial charge in [0.05, 0.1) is 17.9 Å². The van der Waals surface area contributed by atoms with Crippen molar-refractivity contribution in [1.29, 1.82) is 0 Å². The molecule has 74 valence electrons. The van der Waals surface area contributed by atoms with E-state index in [1.807, 2.05) is 6.92 Å². The molecule has 1 aromatic heterocycles. The van der Waals surface area contributed by atoms with Gasteiger partial charge in [-0.05, 0) is 25.8 Å². The highest BCUT2D eigenvalue weighted by molar-refractivity contribution is 5.95. The number of ether oxygens (including phenoxy) is 1. The van der Waals surface area contributed by atoms with Crippen LogP contribution in [0.4, 0.5) is 0 Å². The van der Waals surface area contributed by atoms with Gasteiger partial charge in [-0.25, -0.2) is 0 Å². The van der Waals surface area contributed by atoms with Crippen LogP contribution >= 0.6 is 0 Å². The number of aryl methyl sites for hydroxylation is 1. The van der Waals surface area contributed by atoms with Crippen LogP contribution in [0, 0.1) is 6.92 Å². The van der Waals surface area contributed by atoms with Crippen molar-refractivity contribution in [3.63, 3.8) is 0 Å². The molecule has 1 aromatic rings. The van der Waals surface area contributed by atoms with E-state index in [4.69, 9.17) is 10.5 Å². The summed E-state index contributed by atoms with van der Waals surface area (Å²) < 4.78 is 5.51. The molecule has 2 N–H and O–H groups in total. The van der Waals surface area contributed by atoms with Crippen LogP contribution in [0.2, 0.25) is 0 Å². The summed E-state index contributed by atoms with van der Waals surface area (Å²) in [5, 5.41) is 0. The standard InChI is InChI=1S/C10H12N2O2/c1-6-4-8(10(11)13)9(5-12-6)14-7-2-3-7/h4-5,7H,2-3H2,1H3,(H2,11,13). The number of hydrogen-bond donors (Lipinski definition) is 1. The second-order valence-electron chi connectivity index (χ2n) is 3.50. The van der Waals surface area contributed by atoms with Crippen molar-refractivity contribution in [2.75, 3.05) is 0 Å². The Kier molecular flexibility index (Phi) is 2.11. The molecular formula is C10H12N2O2. The maximum atomic E-state index is 11.1. The first kappa shape index (κ1) is 8.99. The minimum absolute atomic E-state index is 0.248. The van der Waals surface area contributed by atoms with E-state index >= 15 is 0 Å². The van der Waals surface area contributed by atoms with Gasteiger partial charge < -0.3 is 10.5 Å². The Labute approximate surface area is 82.1 Å². The molecule has 0 radical (unpaired) electrons. The third-order valence-corrected chi connectivity index (χ3v) is 2.09. The van der Waals surface area contributed by atoms with E-state index in [1.165, 1.54) is 0 Å². The Morgan fingerprint density at radius 3 is 2.93 bits per heavy atom. The summed E-state index contributed by atoms with van der Waals surface area (Å²) in [6, 6.07) is 1.65. The number of carbonyl (C=O) groups excluding carboxylic acids is 1. The monoisotopic (exact) mass is 192 g/mol. The van der Waals surface area contributed by atoms with Crippen LogP contribution in [0.25, 0.3) is 0 Å². The Bertz CT molecular complexity index is 372. The molecule has 2 rings (SSSR count). The second-order valence-corrected chi connectivity index (χ2v) is 3.50. The first-order valence-corrected chi connectivity index (χ1v) is 4.60. The highest BCUT2D eigenvalue weighted by Crippen LogP contribution is 2.28. The lowest BCUT2D eigenvalue weighted by atomic mass is 10.2. The normalized spacial score (nSPS) is 15.2. The van der Waals surface area contributed by atoms with Gasteiger partial charge in [-0.3, -0.25) is 9.78 Å². The number of amides is 1. The first-order valence-electron chi connectivity index (χ1n) is 4.60. The van der Waals surface area contributed by atoms with E-state index < -0.39 is 5.91 Å². The van der Waals surface area contributed by atoms with Crippen molar-refractivity contribution in [2.24, 2.45) is 5.73 Å². The molecule has 0 spiro atoms. The summed E-state index contributed by atoms with van der Waals surface area (Å²) in [5.74, 6) is 0.0387. The maximum absolute atomic E-state index is 11.1. The lowest BCUT2D eigenvalue weighted by Crippen LogP contribution is -2.14.